The van der Waals surface area contributed by atoms with E-state index in [1.165, 1.54) is 79.2 Å². The zero-order valence-electron chi connectivity index (χ0n) is 25.4. The van der Waals surface area contributed by atoms with Gasteiger partial charge in [0.2, 0.25) is 0 Å². The van der Waals surface area contributed by atoms with E-state index in [4.69, 9.17) is 4.98 Å². The van der Waals surface area contributed by atoms with Crippen LogP contribution >= 0.6 is 0 Å². The van der Waals surface area contributed by atoms with Crippen molar-refractivity contribution in [2.24, 2.45) is 17.8 Å². The summed E-state index contributed by atoms with van der Waals surface area (Å²) >= 11 is 0. The van der Waals surface area contributed by atoms with E-state index in [0.29, 0.717) is 5.76 Å². The van der Waals surface area contributed by atoms with Crippen LogP contribution in [0.4, 0.5) is 0 Å². The molecule has 0 atom stereocenters. The Morgan fingerprint density at radius 1 is 0.818 bits per heavy atom. The molecule has 7 rings (SSSR count). The molecule has 3 aliphatic rings. The number of fused-ring (bicyclic) bond motifs is 2. The molecular formula is C40H48IrNO2-. The maximum atomic E-state index is 11.8. The third-order valence-electron chi connectivity index (χ3n) is 10.00. The average Bonchev–Trinajstić information content (AvgIpc) is 3.77. The minimum absolute atomic E-state index is 0. The molecule has 0 amide bonds. The van der Waals surface area contributed by atoms with Crippen molar-refractivity contribution in [3.8, 4) is 11.3 Å². The molecule has 0 saturated heterocycles. The molecule has 235 valence electrons. The topological polar surface area (TPSA) is 50.2 Å². The first-order chi connectivity index (χ1) is 20.5. The van der Waals surface area contributed by atoms with Crippen molar-refractivity contribution in [2.75, 3.05) is 0 Å². The van der Waals surface area contributed by atoms with Gasteiger partial charge < -0.3 is 5.11 Å². The second kappa shape index (κ2) is 16.0. The third kappa shape index (κ3) is 8.06. The van der Waals surface area contributed by atoms with Crippen molar-refractivity contribution in [3.63, 3.8) is 0 Å². The van der Waals surface area contributed by atoms with Gasteiger partial charge in [0.25, 0.3) is 0 Å². The van der Waals surface area contributed by atoms with E-state index in [1.54, 1.807) is 0 Å². The fourth-order valence-corrected chi connectivity index (χ4v) is 7.32. The predicted molar refractivity (Wildman–Crippen MR) is 180 cm³/mol. The van der Waals surface area contributed by atoms with Crippen LogP contribution < -0.4 is 0 Å². The van der Waals surface area contributed by atoms with Crippen LogP contribution in [0.3, 0.4) is 0 Å². The molecule has 44 heavy (non-hydrogen) atoms. The minimum atomic E-state index is 0. The summed E-state index contributed by atoms with van der Waals surface area (Å²) in [6, 6.07) is 27.2. The van der Waals surface area contributed by atoms with Crippen LogP contribution in [-0.4, -0.2) is 15.9 Å². The molecule has 3 nitrogen and oxygen atoms in total. The molecule has 4 aromatic rings. The van der Waals surface area contributed by atoms with Gasteiger partial charge in [-0.1, -0.05) is 101 Å². The van der Waals surface area contributed by atoms with Gasteiger partial charge in [0.15, 0.2) is 5.78 Å². The maximum absolute atomic E-state index is 11.8. The second-order valence-electron chi connectivity index (χ2n) is 13.0. The van der Waals surface area contributed by atoms with Gasteiger partial charge in [-0.15, -0.1) is 29.1 Å². The van der Waals surface area contributed by atoms with Crippen LogP contribution in [0.15, 0.2) is 78.6 Å². The summed E-state index contributed by atoms with van der Waals surface area (Å²) in [6.45, 7) is 2.38. The van der Waals surface area contributed by atoms with E-state index in [2.05, 4.69) is 73.7 Å². The molecule has 1 aromatic heterocycles. The summed E-state index contributed by atoms with van der Waals surface area (Å²) in [6.07, 6.45) is 15.8. The number of hydrogen-bond donors (Lipinski definition) is 1. The number of rotatable bonds is 5. The minimum Gasteiger partial charge on any atom is -0.512 e. The summed E-state index contributed by atoms with van der Waals surface area (Å²) in [4.78, 5) is 16.7. The van der Waals surface area contributed by atoms with E-state index >= 15 is 0 Å². The molecule has 0 unspecified atom stereocenters. The van der Waals surface area contributed by atoms with Crippen LogP contribution in [0, 0.1) is 23.8 Å². The Kier molecular flexibility index (Phi) is 12.4. The van der Waals surface area contributed by atoms with Gasteiger partial charge in [0, 0.05) is 38.0 Å². The summed E-state index contributed by atoms with van der Waals surface area (Å²) in [5.74, 6) is 2.60. The first-order valence-corrected chi connectivity index (χ1v) is 16.3. The van der Waals surface area contributed by atoms with Gasteiger partial charge >= 0.3 is 0 Å². The Labute approximate surface area is 277 Å². The van der Waals surface area contributed by atoms with E-state index < -0.39 is 0 Å². The molecule has 4 heteroatoms. The van der Waals surface area contributed by atoms with E-state index in [-0.39, 0.29) is 45.2 Å². The van der Waals surface area contributed by atoms with Gasteiger partial charge in [-0.3, -0.25) is 9.78 Å². The van der Waals surface area contributed by atoms with Gasteiger partial charge in [-0.2, -0.15) is 0 Å². The van der Waals surface area contributed by atoms with Crippen LogP contribution in [0.5, 0.6) is 0 Å². The van der Waals surface area contributed by atoms with E-state index in [9.17, 15) is 9.90 Å². The number of benzene rings is 3. The first-order valence-electron chi connectivity index (χ1n) is 16.3. The normalized spacial score (nSPS) is 20.9. The van der Waals surface area contributed by atoms with E-state index in [0.717, 1.165) is 54.3 Å². The fourth-order valence-electron chi connectivity index (χ4n) is 7.32. The number of carbonyl (C=O) groups excluding carboxylic acids is 1. The van der Waals surface area contributed by atoms with Crippen LogP contribution in [-0.2, 0) is 24.9 Å². The number of aromatic nitrogens is 1. The smallest absolute Gasteiger partial charge is 0.162 e. The predicted octanol–water partition coefficient (Wildman–Crippen LogP) is 11.2. The van der Waals surface area contributed by atoms with Crippen LogP contribution in [0.2, 0.25) is 0 Å². The molecule has 0 bridgehead atoms. The molecule has 3 fully saturated rings. The molecule has 1 radical (unpaired) electrons. The Morgan fingerprint density at radius 2 is 1.50 bits per heavy atom. The molecular weight excluding hydrogens is 719 g/mol. The SMILES string of the molecule is C.CC1CCC(c2ccc3nc(-c4[c-]ccc5ccccc45)ccc3c2)CC1.O=C(C=C(O)C1CCCC1)C1CCCC1.[Ir]. The standard InChI is InChI=1S/C26H24N.C13H20O2.CH4.Ir/c1-18-9-11-19(12-10-18)21-13-15-25-22(17-21)14-16-26(27-25)24-8-4-6-20-5-2-3-7-23(20)24;14-12(10-5-1-2-6-10)9-13(15)11-7-3-4-8-11;;/h2-7,13-19H,9-12H2,1H3;9-11,14H,1-8H2;1H4;/q-1;;;. The van der Waals surface area contributed by atoms with Crippen LogP contribution in [0.25, 0.3) is 32.9 Å². The van der Waals surface area contributed by atoms with Crippen molar-refractivity contribution in [2.45, 2.75) is 97.3 Å². The van der Waals surface area contributed by atoms with E-state index in [1.807, 2.05) is 6.07 Å². The van der Waals surface area contributed by atoms with Gasteiger partial charge in [-0.25, -0.2) is 0 Å². The number of pyridine rings is 1. The van der Waals surface area contributed by atoms with Crippen molar-refractivity contribution in [1.29, 1.82) is 0 Å². The number of carbonyl (C=O) groups is 1. The number of aliphatic hydroxyl groups is 1. The molecule has 3 saturated carbocycles. The first kappa shape index (κ1) is 34.1. The molecule has 0 aliphatic heterocycles. The number of nitrogens with zero attached hydrogens (tertiary/aromatic N) is 1. The Balaban J connectivity index is 0.000000223. The Bertz CT molecular complexity index is 1550. The van der Waals surface area contributed by atoms with Crippen molar-refractivity contribution in [3.05, 3.63) is 90.2 Å². The van der Waals surface area contributed by atoms with Crippen molar-refractivity contribution >= 4 is 27.5 Å². The van der Waals surface area contributed by atoms with Crippen LogP contribution in [0.1, 0.15) is 103 Å². The molecule has 0 spiro atoms. The molecule has 3 aromatic carbocycles. The summed E-state index contributed by atoms with van der Waals surface area (Å²) < 4.78 is 0. The average molecular weight is 767 g/mol. The van der Waals surface area contributed by atoms with Gasteiger partial charge in [0.05, 0.1) is 11.3 Å². The second-order valence-corrected chi connectivity index (χ2v) is 13.0. The fraction of sp³-hybridized carbons (Fsp3) is 0.450. The molecule has 3 aliphatic carbocycles. The number of hydrogen-bond acceptors (Lipinski definition) is 3. The summed E-state index contributed by atoms with van der Waals surface area (Å²) in [7, 11) is 0. The zero-order valence-corrected chi connectivity index (χ0v) is 27.8. The van der Waals surface area contributed by atoms with Gasteiger partial charge in [-0.05, 0) is 79.1 Å². The summed E-state index contributed by atoms with van der Waals surface area (Å²) in [5, 5.41) is 13.5. The Hall–Kier alpha value is -2.81. The van der Waals surface area contributed by atoms with Gasteiger partial charge in [0.1, 0.15) is 0 Å². The number of aliphatic hydroxyl groups excluding tert-OH is 1. The van der Waals surface area contributed by atoms with Crippen molar-refractivity contribution in [1.82, 2.24) is 4.98 Å². The summed E-state index contributed by atoms with van der Waals surface area (Å²) in [5.41, 5.74) is 4.64. The third-order valence-corrected chi connectivity index (χ3v) is 10.00. The quantitative estimate of drug-likeness (QED) is 0.125. The number of ketones is 1. The monoisotopic (exact) mass is 767 g/mol. The Morgan fingerprint density at radius 3 is 2.23 bits per heavy atom. The largest absolute Gasteiger partial charge is 0.512 e. The number of allylic oxidation sites excluding steroid dienone is 2. The zero-order chi connectivity index (χ0) is 28.9. The molecule has 1 heterocycles. The van der Waals surface area contributed by atoms with Crippen molar-refractivity contribution < 1.29 is 30.0 Å². The molecule has 1 N–H and O–H groups in total. The maximum Gasteiger partial charge on any atom is 0.162 e.